The summed E-state index contributed by atoms with van der Waals surface area (Å²) in [5, 5.41) is 10.0. The molecule has 0 spiro atoms. The first-order valence-electron chi connectivity index (χ1n) is 8.90. The summed E-state index contributed by atoms with van der Waals surface area (Å²) in [6, 6.07) is 12.5. The highest BCUT2D eigenvalue weighted by atomic mass is 32.1. The first kappa shape index (κ1) is 19.1. The van der Waals surface area contributed by atoms with Crippen LogP contribution in [0.1, 0.15) is 10.6 Å². The predicted molar refractivity (Wildman–Crippen MR) is 109 cm³/mol. The van der Waals surface area contributed by atoms with E-state index in [1.54, 1.807) is 35.2 Å². The monoisotopic (exact) mass is 385 g/mol. The number of rotatable bonds is 7. The van der Waals surface area contributed by atoms with E-state index < -0.39 is 0 Å². The number of likely N-dealkylation sites (N-methyl/N-ethyl adjacent to an activating group) is 1. The van der Waals surface area contributed by atoms with Gasteiger partial charge < -0.3 is 10.2 Å². The van der Waals surface area contributed by atoms with E-state index >= 15 is 0 Å². The van der Waals surface area contributed by atoms with Crippen LogP contribution in [0.15, 0.2) is 59.0 Å². The zero-order valence-electron chi connectivity index (χ0n) is 15.6. The Morgan fingerprint density at radius 3 is 2.74 bits per heavy atom. The maximum atomic E-state index is 13.0. The van der Waals surface area contributed by atoms with E-state index in [2.05, 4.69) is 37.8 Å². The molecule has 0 radical (unpaired) electrons. The predicted octanol–water partition coefficient (Wildman–Crippen LogP) is 3.37. The zero-order chi connectivity index (χ0) is 19.1. The van der Waals surface area contributed by atoms with E-state index in [1.807, 2.05) is 19.3 Å². The molecule has 2 aromatic heterocycles. The van der Waals surface area contributed by atoms with E-state index in [4.69, 9.17) is 0 Å². The Balaban J connectivity index is 1.47. The van der Waals surface area contributed by atoms with Gasteiger partial charge in [0.1, 0.15) is 5.82 Å². The highest BCUT2D eigenvalue weighted by molar-refractivity contribution is 7.09. The fraction of sp³-hybridized carbons (Fsp3) is 0.300. The van der Waals surface area contributed by atoms with Crippen molar-refractivity contribution in [3.05, 3.63) is 70.4 Å². The number of benzene rings is 1. The van der Waals surface area contributed by atoms with Gasteiger partial charge in [-0.1, -0.05) is 6.07 Å². The first-order chi connectivity index (χ1) is 13.2. The minimum atomic E-state index is -0.245. The van der Waals surface area contributed by atoms with Crippen molar-refractivity contribution in [1.82, 2.24) is 20.0 Å². The van der Waals surface area contributed by atoms with Gasteiger partial charge in [0.15, 0.2) is 5.96 Å². The number of thiophene rings is 1. The summed E-state index contributed by atoms with van der Waals surface area (Å²) in [5.74, 6) is 0.634. The van der Waals surface area contributed by atoms with Crippen molar-refractivity contribution in [2.75, 3.05) is 27.2 Å². The lowest BCUT2D eigenvalue weighted by Crippen LogP contribution is -2.40. The second-order valence-electron chi connectivity index (χ2n) is 6.20. The summed E-state index contributed by atoms with van der Waals surface area (Å²) in [5.41, 5.74) is 1.82. The molecule has 5 nitrogen and oxygen atoms in total. The zero-order valence-corrected chi connectivity index (χ0v) is 16.4. The van der Waals surface area contributed by atoms with Crippen LogP contribution < -0.4 is 5.32 Å². The number of guanidine groups is 1. The summed E-state index contributed by atoms with van der Waals surface area (Å²) in [4.78, 5) is 7.87. The van der Waals surface area contributed by atoms with Crippen LogP contribution in [0.5, 0.6) is 0 Å². The SMILES string of the molecule is CN=C(NCCc1ccn(-c2ccc(F)cc2)n1)N(C)CCc1cccs1. The third-order valence-electron chi connectivity index (χ3n) is 4.25. The lowest BCUT2D eigenvalue weighted by Gasteiger charge is -2.21. The van der Waals surface area contributed by atoms with Gasteiger partial charge in [0.05, 0.1) is 11.4 Å². The lowest BCUT2D eigenvalue weighted by molar-refractivity contribution is 0.487. The molecule has 3 aromatic rings. The molecule has 0 saturated heterocycles. The van der Waals surface area contributed by atoms with Crippen molar-refractivity contribution in [3.63, 3.8) is 0 Å². The molecule has 0 saturated carbocycles. The fourth-order valence-electron chi connectivity index (χ4n) is 2.76. The Labute approximate surface area is 163 Å². The number of hydrogen-bond acceptors (Lipinski definition) is 3. The van der Waals surface area contributed by atoms with Crippen LogP contribution in [0.25, 0.3) is 5.69 Å². The molecule has 27 heavy (non-hydrogen) atoms. The maximum absolute atomic E-state index is 13.0. The average Bonchev–Trinajstić information content (AvgIpc) is 3.36. The molecule has 1 N–H and O–H groups in total. The largest absolute Gasteiger partial charge is 0.356 e. The second kappa shape index (κ2) is 9.32. The van der Waals surface area contributed by atoms with E-state index in [0.717, 1.165) is 43.3 Å². The summed E-state index contributed by atoms with van der Waals surface area (Å²) in [6.07, 6.45) is 3.69. The molecule has 0 atom stereocenters. The van der Waals surface area contributed by atoms with Gasteiger partial charge in [-0.25, -0.2) is 9.07 Å². The highest BCUT2D eigenvalue weighted by Crippen LogP contribution is 2.10. The van der Waals surface area contributed by atoms with Crippen molar-refractivity contribution in [1.29, 1.82) is 0 Å². The van der Waals surface area contributed by atoms with Crippen LogP contribution in [-0.2, 0) is 12.8 Å². The van der Waals surface area contributed by atoms with Gasteiger partial charge in [0, 0.05) is 44.7 Å². The number of aromatic nitrogens is 2. The van der Waals surface area contributed by atoms with Crippen molar-refractivity contribution < 1.29 is 4.39 Å². The molecule has 3 rings (SSSR count). The number of halogens is 1. The topological polar surface area (TPSA) is 45.5 Å². The smallest absolute Gasteiger partial charge is 0.193 e. The van der Waals surface area contributed by atoms with Crippen LogP contribution in [0.4, 0.5) is 4.39 Å². The van der Waals surface area contributed by atoms with E-state index in [0.29, 0.717) is 0 Å². The Morgan fingerprint density at radius 1 is 1.22 bits per heavy atom. The normalized spacial score (nSPS) is 11.6. The molecule has 0 amide bonds. The third-order valence-corrected chi connectivity index (χ3v) is 5.18. The van der Waals surface area contributed by atoms with Gasteiger partial charge in [0.25, 0.3) is 0 Å². The van der Waals surface area contributed by atoms with Crippen molar-refractivity contribution in [2.24, 2.45) is 4.99 Å². The highest BCUT2D eigenvalue weighted by Gasteiger charge is 2.07. The molecule has 0 unspecified atom stereocenters. The second-order valence-corrected chi connectivity index (χ2v) is 7.24. The fourth-order valence-corrected chi connectivity index (χ4v) is 3.46. The molecule has 2 heterocycles. The summed E-state index contributed by atoms with van der Waals surface area (Å²) < 4.78 is 14.8. The Hall–Kier alpha value is -2.67. The van der Waals surface area contributed by atoms with Crippen LogP contribution in [0, 0.1) is 5.82 Å². The van der Waals surface area contributed by atoms with Gasteiger partial charge in [0.2, 0.25) is 0 Å². The van der Waals surface area contributed by atoms with Crippen LogP contribution in [0.3, 0.4) is 0 Å². The summed E-state index contributed by atoms with van der Waals surface area (Å²) in [7, 11) is 3.85. The van der Waals surface area contributed by atoms with Crippen molar-refractivity contribution in [2.45, 2.75) is 12.8 Å². The van der Waals surface area contributed by atoms with Crippen molar-refractivity contribution >= 4 is 17.3 Å². The van der Waals surface area contributed by atoms with E-state index in [-0.39, 0.29) is 5.82 Å². The molecule has 142 valence electrons. The Morgan fingerprint density at radius 2 is 2.04 bits per heavy atom. The van der Waals surface area contributed by atoms with E-state index in [1.165, 1.54) is 17.0 Å². The molecule has 1 aromatic carbocycles. The van der Waals surface area contributed by atoms with Crippen LogP contribution in [0.2, 0.25) is 0 Å². The van der Waals surface area contributed by atoms with Gasteiger partial charge in [-0.3, -0.25) is 4.99 Å². The Kier molecular flexibility index (Phi) is 6.59. The van der Waals surface area contributed by atoms with Gasteiger partial charge in [-0.2, -0.15) is 5.10 Å². The van der Waals surface area contributed by atoms with Crippen LogP contribution >= 0.6 is 11.3 Å². The van der Waals surface area contributed by atoms with Gasteiger partial charge in [-0.15, -0.1) is 11.3 Å². The average molecular weight is 386 g/mol. The third kappa shape index (κ3) is 5.40. The number of aliphatic imine (C=N–C) groups is 1. The standard InChI is InChI=1S/C20H24FN5S/c1-22-20(25(2)13-11-19-4-3-15-27-19)23-12-9-17-10-14-26(24-17)18-7-5-16(21)6-8-18/h3-8,10,14-15H,9,11-13H2,1-2H3,(H,22,23). The quantitative estimate of drug-likeness (QED) is 0.501. The first-order valence-corrected chi connectivity index (χ1v) is 9.78. The minimum Gasteiger partial charge on any atom is -0.356 e. The number of hydrogen-bond donors (Lipinski definition) is 1. The number of nitrogens with one attached hydrogen (secondary N) is 1. The Bertz CT molecular complexity index is 855. The van der Waals surface area contributed by atoms with Gasteiger partial charge >= 0.3 is 0 Å². The molecule has 7 heteroatoms. The van der Waals surface area contributed by atoms with Gasteiger partial charge in [-0.05, 0) is 48.2 Å². The minimum absolute atomic E-state index is 0.245. The molecular weight excluding hydrogens is 361 g/mol. The van der Waals surface area contributed by atoms with Crippen molar-refractivity contribution in [3.8, 4) is 5.69 Å². The lowest BCUT2D eigenvalue weighted by atomic mass is 10.3. The summed E-state index contributed by atoms with van der Waals surface area (Å²) >= 11 is 1.78. The molecule has 0 fully saturated rings. The summed E-state index contributed by atoms with van der Waals surface area (Å²) in [6.45, 7) is 1.66. The molecule has 0 aliphatic heterocycles. The molecule has 0 bridgehead atoms. The number of nitrogens with zero attached hydrogens (tertiary/aromatic N) is 4. The maximum Gasteiger partial charge on any atom is 0.193 e. The van der Waals surface area contributed by atoms with E-state index in [9.17, 15) is 4.39 Å². The molecule has 0 aliphatic carbocycles. The van der Waals surface area contributed by atoms with Crippen LogP contribution in [-0.4, -0.2) is 47.8 Å². The molecule has 0 aliphatic rings. The molecular formula is C20H24FN5S.